The summed E-state index contributed by atoms with van der Waals surface area (Å²) >= 11 is 0. The fourth-order valence-corrected chi connectivity index (χ4v) is 1.72. The van der Waals surface area contributed by atoms with Crippen molar-refractivity contribution in [3.8, 4) is 6.07 Å². The predicted molar refractivity (Wildman–Crippen MR) is 79.2 cm³/mol. The van der Waals surface area contributed by atoms with E-state index >= 15 is 0 Å². The summed E-state index contributed by atoms with van der Waals surface area (Å²) in [4.78, 5) is 33.7. The Kier molecular flexibility index (Phi) is 4.64. The van der Waals surface area contributed by atoms with Crippen LogP contribution in [-0.2, 0) is 0 Å². The van der Waals surface area contributed by atoms with Gasteiger partial charge in [-0.1, -0.05) is 6.07 Å². The Morgan fingerprint density at radius 2 is 1.61 bits per heavy atom. The molecule has 8 heteroatoms. The van der Waals surface area contributed by atoms with Crippen LogP contribution in [0, 0.1) is 21.4 Å². The quantitative estimate of drug-likeness (QED) is 0.657. The molecule has 0 radical (unpaired) electrons. The van der Waals surface area contributed by atoms with Crippen molar-refractivity contribution in [3.05, 3.63) is 75.3 Å². The standard InChI is InChI=1S/C15H10N4O4/c16-9-10-2-1-3-12(8-10)15(21)18-17-14(20)11-4-6-13(7-5-11)19(22)23/h1-8H,(H,17,20)(H,18,21). The Labute approximate surface area is 130 Å². The monoisotopic (exact) mass is 310 g/mol. The number of hydrogen-bond donors (Lipinski definition) is 2. The van der Waals surface area contributed by atoms with E-state index in [0.717, 1.165) is 0 Å². The van der Waals surface area contributed by atoms with E-state index in [2.05, 4.69) is 10.9 Å². The van der Waals surface area contributed by atoms with Crippen LogP contribution in [-0.4, -0.2) is 16.7 Å². The number of amides is 2. The van der Waals surface area contributed by atoms with Gasteiger partial charge in [-0.15, -0.1) is 0 Å². The number of hydrazine groups is 1. The van der Waals surface area contributed by atoms with Crippen molar-refractivity contribution in [2.45, 2.75) is 0 Å². The molecule has 2 aromatic carbocycles. The fraction of sp³-hybridized carbons (Fsp3) is 0. The van der Waals surface area contributed by atoms with Crippen LogP contribution in [0.5, 0.6) is 0 Å². The van der Waals surface area contributed by atoms with E-state index in [0.29, 0.717) is 5.56 Å². The van der Waals surface area contributed by atoms with Gasteiger partial charge in [-0.25, -0.2) is 0 Å². The molecule has 0 bridgehead atoms. The van der Waals surface area contributed by atoms with Gasteiger partial charge in [0.15, 0.2) is 0 Å². The van der Waals surface area contributed by atoms with Crippen LogP contribution < -0.4 is 10.9 Å². The highest BCUT2D eigenvalue weighted by Gasteiger charge is 2.11. The maximum absolute atomic E-state index is 11.9. The molecule has 0 aliphatic rings. The summed E-state index contributed by atoms with van der Waals surface area (Å²) in [6.07, 6.45) is 0. The number of benzene rings is 2. The number of nitrogens with zero attached hydrogens (tertiary/aromatic N) is 2. The molecule has 0 unspecified atom stereocenters. The number of nitro benzene ring substituents is 1. The maximum atomic E-state index is 11.9. The first-order chi connectivity index (χ1) is 11.0. The van der Waals surface area contributed by atoms with Crippen LogP contribution in [0.15, 0.2) is 48.5 Å². The van der Waals surface area contributed by atoms with Crippen LogP contribution in [0.25, 0.3) is 0 Å². The zero-order valence-electron chi connectivity index (χ0n) is 11.6. The average Bonchev–Trinajstić information content (AvgIpc) is 2.59. The summed E-state index contributed by atoms with van der Waals surface area (Å²) in [7, 11) is 0. The molecule has 0 atom stereocenters. The SMILES string of the molecule is N#Cc1cccc(C(=O)NNC(=O)c2ccc([N+](=O)[O-])cc2)c1. The molecular formula is C15H10N4O4. The molecule has 23 heavy (non-hydrogen) atoms. The summed E-state index contributed by atoms with van der Waals surface area (Å²) in [5.41, 5.74) is 4.95. The summed E-state index contributed by atoms with van der Waals surface area (Å²) in [5.74, 6) is -1.21. The maximum Gasteiger partial charge on any atom is 0.269 e. The second-order valence-corrected chi connectivity index (χ2v) is 4.40. The first kappa shape index (κ1) is 15.7. The number of non-ortho nitro benzene ring substituents is 1. The second-order valence-electron chi connectivity index (χ2n) is 4.40. The van der Waals surface area contributed by atoms with Crippen LogP contribution in [0.4, 0.5) is 5.69 Å². The van der Waals surface area contributed by atoms with Gasteiger partial charge in [-0.3, -0.25) is 30.6 Å². The Balaban J connectivity index is 1.99. The minimum atomic E-state index is -0.621. The van der Waals surface area contributed by atoms with Crippen LogP contribution in [0.2, 0.25) is 0 Å². The number of rotatable bonds is 3. The van der Waals surface area contributed by atoms with Gasteiger partial charge in [0, 0.05) is 23.3 Å². The number of hydrogen-bond acceptors (Lipinski definition) is 5. The molecule has 0 fully saturated rings. The van der Waals surface area contributed by atoms with E-state index in [1.54, 1.807) is 12.1 Å². The van der Waals surface area contributed by atoms with Crippen LogP contribution in [0.1, 0.15) is 26.3 Å². The molecule has 0 aliphatic heterocycles. The fourth-order valence-electron chi connectivity index (χ4n) is 1.72. The summed E-state index contributed by atoms with van der Waals surface area (Å²) in [6, 6.07) is 12.8. The van der Waals surface area contributed by atoms with E-state index in [1.807, 2.05) is 6.07 Å². The topological polar surface area (TPSA) is 125 Å². The van der Waals surface area contributed by atoms with E-state index < -0.39 is 16.7 Å². The van der Waals surface area contributed by atoms with Gasteiger partial charge in [-0.05, 0) is 30.3 Å². The lowest BCUT2D eigenvalue weighted by molar-refractivity contribution is -0.384. The third-order valence-electron chi connectivity index (χ3n) is 2.88. The minimum absolute atomic E-state index is 0.140. The van der Waals surface area contributed by atoms with E-state index in [4.69, 9.17) is 5.26 Å². The number of nitro groups is 1. The van der Waals surface area contributed by atoms with Crippen molar-refractivity contribution in [2.75, 3.05) is 0 Å². The van der Waals surface area contributed by atoms with E-state index in [-0.39, 0.29) is 16.8 Å². The van der Waals surface area contributed by atoms with Gasteiger partial charge in [0.1, 0.15) is 0 Å². The molecule has 0 heterocycles. The molecule has 2 N–H and O–H groups in total. The average molecular weight is 310 g/mol. The van der Waals surface area contributed by atoms with Gasteiger partial charge in [0.25, 0.3) is 17.5 Å². The van der Waals surface area contributed by atoms with Gasteiger partial charge in [0.2, 0.25) is 0 Å². The molecule has 0 aromatic heterocycles. The van der Waals surface area contributed by atoms with Crippen molar-refractivity contribution >= 4 is 17.5 Å². The number of carbonyl (C=O) groups excluding carboxylic acids is 2. The normalized spacial score (nSPS) is 9.52. The minimum Gasteiger partial charge on any atom is -0.267 e. The first-order valence-electron chi connectivity index (χ1n) is 6.36. The Morgan fingerprint density at radius 3 is 2.17 bits per heavy atom. The molecule has 0 aliphatic carbocycles. The van der Waals surface area contributed by atoms with Crippen molar-refractivity contribution in [2.24, 2.45) is 0 Å². The number of nitrogens with one attached hydrogen (secondary N) is 2. The molecule has 114 valence electrons. The lowest BCUT2D eigenvalue weighted by atomic mass is 10.1. The van der Waals surface area contributed by atoms with E-state index in [1.165, 1.54) is 36.4 Å². The van der Waals surface area contributed by atoms with E-state index in [9.17, 15) is 19.7 Å². The largest absolute Gasteiger partial charge is 0.269 e. The molecule has 8 nitrogen and oxygen atoms in total. The number of carbonyl (C=O) groups is 2. The van der Waals surface area contributed by atoms with Crippen molar-refractivity contribution in [1.82, 2.24) is 10.9 Å². The van der Waals surface area contributed by atoms with Crippen molar-refractivity contribution in [3.63, 3.8) is 0 Å². The third kappa shape index (κ3) is 3.89. The highest BCUT2D eigenvalue weighted by atomic mass is 16.6. The Hall–Kier alpha value is -3.73. The second kappa shape index (κ2) is 6.82. The highest BCUT2D eigenvalue weighted by molar-refractivity contribution is 5.99. The highest BCUT2D eigenvalue weighted by Crippen LogP contribution is 2.11. The number of nitriles is 1. The first-order valence-corrected chi connectivity index (χ1v) is 6.36. The van der Waals surface area contributed by atoms with Crippen molar-refractivity contribution < 1.29 is 14.5 Å². The zero-order chi connectivity index (χ0) is 16.8. The Bertz CT molecular complexity index is 809. The molecular weight excluding hydrogens is 300 g/mol. The summed E-state index contributed by atoms with van der Waals surface area (Å²) in [6.45, 7) is 0. The third-order valence-corrected chi connectivity index (χ3v) is 2.88. The molecule has 0 spiro atoms. The molecule has 2 rings (SSSR count). The van der Waals surface area contributed by atoms with Gasteiger partial charge < -0.3 is 0 Å². The summed E-state index contributed by atoms with van der Waals surface area (Å²) in [5, 5.41) is 19.3. The van der Waals surface area contributed by atoms with Gasteiger partial charge >= 0.3 is 0 Å². The van der Waals surface area contributed by atoms with Gasteiger partial charge in [-0.2, -0.15) is 5.26 Å². The lowest BCUT2D eigenvalue weighted by Gasteiger charge is -2.07. The van der Waals surface area contributed by atoms with Crippen LogP contribution in [0.3, 0.4) is 0 Å². The molecule has 2 aromatic rings. The lowest BCUT2D eigenvalue weighted by Crippen LogP contribution is -2.41. The van der Waals surface area contributed by atoms with Crippen LogP contribution >= 0.6 is 0 Å². The molecule has 2 amide bonds. The van der Waals surface area contributed by atoms with Crippen molar-refractivity contribution in [1.29, 1.82) is 5.26 Å². The summed E-state index contributed by atoms with van der Waals surface area (Å²) < 4.78 is 0. The predicted octanol–water partition coefficient (Wildman–Crippen LogP) is 1.54. The molecule has 0 saturated heterocycles. The molecule has 0 saturated carbocycles. The zero-order valence-corrected chi connectivity index (χ0v) is 11.6. The smallest absolute Gasteiger partial charge is 0.267 e. The van der Waals surface area contributed by atoms with Gasteiger partial charge in [0.05, 0.1) is 16.6 Å². The Morgan fingerprint density at radius 1 is 1.00 bits per heavy atom.